The zero-order valence-electron chi connectivity index (χ0n) is 16.2. The average molecular weight is 389 g/mol. The number of guanidine groups is 1. The minimum atomic E-state index is -4.16. The van der Waals surface area contributed by atoms with Crippen LogP contribution in [0, 0.1) is 0 Å². The van der Waals surface area contributed by atoms with Crippen LogP contribution >= 0.6 is 0 Å². The van der Waals surface area contributed by atoms with Crippen molar-refractivity contribution < 1.29 is 17.6 Å². The van der Waals surface area contributed by atoms with Crippen LogP contribution in [0.1, 0.15) is 32.1 Å². The summed E-state index contributed by atoms with van der Waals surface area (Å²) < 4.78 is 43.2. The number of halogens is 3. The van der Waals surface area contributed by atoms with Crippen molar-refractivity contribution in [2.24, 2.45) is 4.99 Å². The molecule has 1 aliphatic heterocycles. The highest BCUT2D eigenvalue weighted by Gasteiger charge is 2.34. The van der Waals surface area contributed by atoms with E-state index < -0.39 is 12.7 Å². The molecule has 27 heavy (non-hydrogen) atoms. The molecule has 2 heterocycles. The van der Waals surface area contributed by atoms with E-state index in [9.17, 15) is 13.2 Å². The Bertz CT molecular complexity index is 572. The van der Waals surface area contributed by atoms with Gasteiger partial charge in [-0.1, -0.05) is 13.8 Å². The summed E-state index contributed by atoms with van der Waals surface area (Å²) in [7, 11) is 1.66. The first-order valence-corrected chi connectivity index (χ1v) is 9.40. The van der Waals surface area contributed by atoms with Gasteiger partial charge < -0.3 is 15.1 Å². The predicted octanol–water partition coefficient (Wildman–Crippen LogP) is 2.46. The molecule has 6 nitrogen and oxygen atoms in total. The molecule has 2 rings (SSSR count). The van der Waals surface area contributed by atoms with Crippen molar-refractivity contribution in [2.45, 2.75) is 38.5 Å². The summed E-state index contributed by atoms with van der Waals surface area (Å²) in [5, 5.41) is 6.53. The third-order valence-electron chi connectivity index (χ3n) is 4.83. The molecule has 0 bridgehead atoms. The van der Waals surface area contributed by atoms with Crippen LogP contribution in [0.5, 0.6) is 0 Å². The molecule has 0 amide bonds. The predicted molar refractivity (Wildman–Crippen MR) is 99.8 cm³/mol. The van der Waals surface area contributed by atoms with Gasteiger partial charge in [-0.25, -0.2) is 0 Å². The molecule has 2 atom stereocenters. The molecule has 1 aromatic rings. The van der Waals surface area contributed by atoms with Crippen LogP contribution in [0.15, 0.2) is 27.8 Å². The van der Waals surface area contributed by atoms with Gasteiger partial charge in [-0.3, -0.25) is 14.8 Å². The number of rotatable bonds is 8. The monoisotopic (exact) mass is 389 g/mol. The highest BCUT2D eigenvalue weighted by molar-refractivity contribution is 5.80. The summed E-state index contributed by atoms with van der Waals surface area (Å²) >= 11 is 0. The van der Waals surface area contributed by atoms with Gasteiger partial charge in [0.05, 0.1) is 18.8 Å². The van der Waals surface area contributed by atoms with Crippen LogP contribution < -0.4 is 10.6 Å². The minimum Gasteiger partial charge on any atom is -0.468 e. The Labute approximate surface area is 158 Å². The molecule has 0 aliphatic carbocycles. The van der Waals surface area contributed by atoms with Gasteiger partial charge in [-0.05, 0) is 31.6 Å². The zero-order chi connectivity index (χ0) is 19.9. The number of aliphatic imine (C=N–C) groups is 1. The summed E-state index contributed by atoms with van der Waals surface area (Å²) in [6.07, 6.45) is -1.84. The molecule has 2 unspecified atom stereocenters. The standard InChI is InChI=1S/C18H30F3N5O/c1-4-26(5-2)15(16-7-6-10-27-16)11-23-17(22-3)24-14-8-9-25(12-14)13-18(19,20)21/h6-7,10,14-15H,4-5,8-9,11-13H2,1-3H3,(H2,22,23,24). The quantitative estimate of drug-likeness (QED) is 0.528. The van der Waals surface area contributed by atoms with E-state index >= 15 is 0 Å². The second kappa shape index (κ2) is 9.98. The molecule has 9 heteroatoms. The number of likely N-dealkylation sites (tertiary alicyclic amines) is 1. The van der Waals surface area contributed by atoms with Crippen LogP contribution in [0.4, 0.5) is 13.2 Å². The smallest absolute Gasteiger partial charge is 0.401 e. The molecular formula is C18H30F3N5O. The number of nitrogens with zero attached hydrogens (tertiary/aromatic N) is 3. The lowest BCUT2D eigenvalue weighted by atomic mass is 10.2. The molecule has 2 N–H and O–H groups in total. The lowest BCUT2D eigenvalue weighted by molar-refractivity contribution is -0.143. The van der Waals surface area contributed by atoms with Gasteiger partial charge in [0.1, 0.15) is 5.76 Å². The SMILES string of the molecule is CCN(CC)C(CNC(=NC)NC1CCN(CC(F)(F)F)C1)c1ccco1. The number of furan rings is 1. The summed E-state index contributed by atoms with van der Waals surface area (Å²) in [6, 6.07) is 3.83. The van der Waals surface area contributed by atoms with Gasteiger partial charge in [-0.15, -0.1) is 0 Å². The van der Waals surface area contributed by atoms with E-state index in [-0.39, 0.29) is 12.1 Å². The van der Waals surface area contributed by atoms with E-state index in [1.54, 1.807) is 13.3 Å². The van der Waals surface area contributed by atoms with Gasteiger partial charge in [0.2, 0.25) is 0 Å². The van der Waals surface area contributed by atoms with E-state index in [0.717, 1.165) is 18.8 Å². The van der Waals surface area contributed by atoms with Crippen LogP contribution in [-0.2, 0) is 0 Å². The van der Waals surface area contributed by atoms with Crippen LogP contribution in [0.25, 0.3) is 0 Å². The summed E-state index contributed by atoms with van der Waals surface area (Å²) in [6.45, 7) is 6.48. The Morgan fingerprint density at radius 2 is 2.15 bits per heavy atom. The Kier molecular flexibility index (Phi) is 7.97. The maximum atomic E-state index is 12.5. The van der Waals surface area contributed by atoms with Crippen molar-refractivity contribution in [1.82, 2.24) is 20.4 Å². The fourth-order valence-corrected chi connectivity index (χ4v) is 3.48. The number of hydrogen-bond acceptors (Lipinski definition) is 4. The van der Waals surface area contributed by atoms with Crippen molar-refractivity contribution in [1.29, 1.82) is 0 Å². The third-order valence-corrected chi connectivity index (χ3v) is 4.83. The van der Waals surface area contributed by atoms with Crippen molar-refractivity contribution >= 4 is 5.96 Å². The molecule has 154 valence electrons. The van der Waals surface area contributed by atoms with Gasteiger partial charge in [0.25, 0.3) is 0 Å². The molecule has 0 saturated carbocycles. The van der Waals surface area contributed by atoms with E-state index in [0.29, 0.717) is 32.0 Å². The molecular weight excluding hydrogens is 359 g/mol. The van der Waals surface area contributed by atoms with Gasteiger partial charge in [0, 0.05) is 32.7 Å². The van der Waals surface area contributed by atoms with Gasteiger partial charge >= 0.3 is 6.18 Å². The van der Waals surface area contributed by atoms with E-state index in [1.165, 1.54) is 4.90 Å². The lowest BCUT2D eigenvalue weighted by Crippen LogP contribution is -2.47. The maximum Gasteiger partial charge on any atom is 0.401 e. The first kappa shape index (κ1) is 21.6. The number of hydrogen-bond donors (Lipinski definition) is 2. The van der Waals surface area contributed by atoms with Crippen LogP contribution in [-0.4, -0.2) is 74.3 Å². The van der Waals surface area contributed by atoms with Gasteiger partial charge in [-0.2, -0.15) is 13.2 Å². The maximum absolute atomic E-state index is 12.5. The highest BCUT2D eigenvalue weighted by atomic mass is 19.4. The van der Waals surface area contributed by atoms with Crippen LogP contribution in [0.2, 0.25) is 0 Å². The topological polar surface area (TPSA) is 56.0 Å². The van der Waals surface area contributed by atoms with Crippen molar-refractivity contribution in [2.75, 3.05) is 46.3 Å². The molecule has 0 aromatic carbocycles. The van der Waals surface area contributed by atoms with E-state index in [2.05, 4.69) is 34.4 Å². The Morgan fingerprint density at radius 1 is 1.41 bits per heavy atom. The number of likely N-dealkylation sites (N-methyl/N-ethyl adjacent to an activating group) is 1. The lowest BCUT2D eigenvalue weighted by Gasteiger charge is -2.29. The van der Waals surface area contributed by atoms with Crippen LogP contribution in [0.3, 0.4) is 0 Å². The fraction of sp³-hybridized carbons (Fsp3) is 0.722. The van der Waals surface area contributed by atoms with E-state index in [1.807, 2.05) is 12.1 Å². The zero-order valence-corrected chi connectivity index (χ0v) is 16.2. The van der Waals surface area contributed by atoms with Crippen molar-refractivity contribution in [3.05, 3.63) is 24.2 Å². The molecule has 0 spiro atoms. The Morgan fingerprint density at radius 3 is 2.70 bits per heavy atom. The molecule has 1 fully saturated rings. The van der Waals surface area contributed by atoms with Gasteiger partial charge in [0.15, 0.2) is 5.96 Å². The fourth-order valence-electron chi connectivity index (χ4n) is 3.48. The largest absolute Gasteiger partial charge is 0.468 e. The summed E-state index contributed by atoms with van der Waals surface area (Å²) in [5.74, 6) is 1.47. The number of nitrogens with one attached hydrogen (secondary N) is 2. The molecule has 1 aromatic heterocycles. The summed E-state index contributed by atoms with van der Waals surface area (Å²) in [4.78, 5) is 7.92. The highest BCUT2D eigenvalue weighted by Crippen LogP contribution is 2.21. The minimum absolute atomic E-state index is 0.0472. The Hall–Kier alpha value is -1.74. The third kappa shape index (κ3) is 6.73. The first-order valence-electron chi connectivity index (χ1n) is 9.40. The normalized spacial score (nSPS) is 20.3. The first-order chi connectivity index (χ1) is 12.9. The van der Waals surface area contributed by atoms with E-state index in [4.69, 9.17) is 4.42 Å². The average Bonchev–Trinajstić information content (AvgIpc) is 3.28. The Balaban J connectivity index is 1.89. The summed E-state index contributed by atoms with van der Waals surface area (Å²) in [5.41, 5.74) is 0. The second-order valence-electron chi connectivity index (χ2n) is 6.69. The van der Waals surface area contributed by atoms with Crippen molar-refractivity contribution in [3.63, 3.8) is 0 Å². The second-order valence-corrected chi connectivity index (χ2v) is 6.69. The molecule has 1 aliphatic rings. The molecule has 1 saturated heterocycles. The van der Waals surface area contributed by atoms with Crippen molar-refractivity contribution in [3.8, 4) is 0 Å². The number of alkyl halides is 3. The molecule has 0 radical (unpaired) electrons.